The molecule has 0 fully saturated rings. The molecule has 1 aliphatic heterocycles. The number of nitrogens with one attached hydrogen (secondary N) is 2. The summed E-state index contributed by atoms with van der Waals surface area (Å²) >= 11 is 0. The highest BCUT2D eigenvalue weighted by atomic mass is 16.1. The molecule has 2 aromatic carbocycles. The summed E-state index contributed by atoms with van der Waals surface area (Å²) in [4.78, 5) is 15.4. The molecular weight excluding hydrogens is 358 g/mol. The van der Waals surface area contributed by atoms with Crippen molar-refractivity contribution in [1.29, 1.82) is 0 Å². The van der Waals surface area contributed by atoms with Gasteiger partial charge in [0.15, 0.2) is 5.78 Å². The minimum atomic E-state index is -0.152. The topological polar surface area (TPSA) is 44.4 Å². The van der Waals surface area contributed by atoms with Gasteiger partial charge in [-0.2, -0.15) is 0 Å². The van der Waals surface area contributed by atoms with Gasteiger partial charge in [-0.3, -0.25) is 4.79 Å². The molecule has 0 radical (unpaired) electrons. The number of carbonyl (C=O) groups excluding carboxylic acids is 1. The maximum Gasteiger partial charge on any atom is 0.163 e. The first-order valence-electron chi connectivity index (χ1n) is 10.3. The molecule has 0 bridgehead atoms. The molecule has 29 heavy (non-hydrogen) atoms. The van der Waals surface area contributed by atoms with Crippen molar-refractivity contribution in [2.75, 3.05) is 29.6 Å². The minimum Gasteiger partial charge on any atom is -0.378 e. The minimum absolute atomic E-state index is 0.0352. The maximum atomic E-state index is 13.3. The molecule has 2 aliphatic rings. The SMILES string of the molecule is Cc1cc2c(cc1C)N[C@@H](c1ccc(N(C)C)cc1)C1=C(CC(C)(C)CC1=O)N2. The van der Waals surface area contributed by atoms with Gasteiger partial charge in [0.2, 0.25) is 0 Å². The van der Waals surface area contributed by atoms with Crippen LogP contribution in [0.4, 0.5) is 17.1 Å². The lowest BCUT2D eigenvalue weighted by molar-refractivity contribution is -0.118. The highest BCUT2D eigenvalue weighted by Crippen LogP contribution is 2.46. The third kappa shape index (κ3) is 3.64. The predicted octanol–water partition coefficient (Wildman–Crippen LogP) is 5.59. The summed E-state index contributed by atoms with van der Waals surface area (Å²) in [5.41, 5.74) is 8.76. The van der Waals surface area contributed by atoms with Gasteiger partial charge in [0.05, 0.1) is 17.4 Å². The van der Waals surface area contributed by atoms with Crippen molar-refractivity contribution in [3.05, 3.63) is 64.4 Å². The Kier molecular flexibility index (Phi) is 4.68. The second kappa shape index (κ2) is 6.94. The van der Waals surface area contributed by atoms with Gasteiger partial charge in [0, 0.05) is 37.5 Å². The van der Waals surface area contributed by atoms with Gasteiger partial charge in [0.25, 0.3) is 0 Å². The molecule has 0 amide bonds. The van der Waals surface area contributed by atoms with Crippen LogP contribution in [0.15, 0.2) is 47.7 Å². The van der Waals surface area contributed by atoms with Gasteiger partial charge < -0.3 is 15.5 Å². The zero-order valence-electron chi connectivity index (χ0n) is 18.3. The number of ketones is 1. The molecule has 2 aromatic rings. The lowest BCUT2D eigenvalue weighted by Gasteiger charge is -2.34. The van der Waals surface area contributed by atoms with Crippen molar-refractivity contribution in [1.82, 2.24) is 0 Å². The normalized spacial score (nSPS) is 20.2. The van der Waals surface area contributed by atoms with E-state index in [9.17, 15) is 4.79 Å². The van der Waals surface area contributed by atoms with Crippen molar-refractivity contribution in [3.8, 4) is 0 Å². The molecule has 4 nitrogen and oxygen atoms in total. The van der Waals surface area contributed by atoms with Crippen LogP contribution in [-0.2, 0) is 4.79 Å². The average Bonchev–Trinajstić information content (AvgIpc) is 2.78. The number of benzene rings is 2. The summed E-state index contributed by atoms with van der Waals surface area (Å²) in [6.45, 7) is 8.61. The lowest BCUT2D eigenvalue weighted by Crippen LogP contribution is -2.31. The molecule has 0 saturated heterocycles. The van der Waals surface area contributed by atoms with Crippen LogP contribution < -0.4 is 15.5 Å². The van der Waals surface area contributed by atoms with E-state index in [0.29, 0.717) is 6.42 Å². The van der Waals surface area contributed by atoms with Crippen LogP contribution in [0.2, 0.25) is 0 Å². The summed E-state index contributed by atoms with van der Waals surface area (Å²) in [5, 5.41) is 7.33. The molecular formula is C25H31N3O. The number of carbonyl (C=O) groups is 1. The molecule has 0 spiro atoms. The Bertz CT molecular complexity index is 999. The van der Waals surface area contributed by atoms with Crippen LogP contribution in [-0.4, -0.2) is 19.9 Å². The molecule has 2 N–H and O–H groups in total. The van der Waals surface area contributed by atoms with Gasteiger partial charge in [-0.25, -0.2) is 0 Å². The predicted molar refractivity (Wildman–Crippen MR) is 122 cm³/mol. The number of nitrogens with zero attached hydrogens (tertiary/aromatic N) is 1. The molecule has 4 rings (SSSR count). The highest BCUT2D eigenvalue weighted by molar-refractivity contribution is 6.01. The number of allylic oxidation sites excluding steroid dienone is 1. The fraction of sp³-hybridized carbons (Fsp3) is 0.400. The van der Waals surface area contributed by atoms with Crippen LogP contribution in [0.3, 0.4) is 0 Å². The number of hydrogen-bond donors (Lipinski definition) is 2. The summed E-state index contributed by atoms with van der Waals surface area (Å²) < 4.78 is 0. The summed E-state index contributed by atoms with van der Waals surface area (Å²) in [5.74, 6) is 0.235. The summed E-state index contributed by atoms with van der Waals surface area (Å²) in [6, 6.07) is 12.7. The summed E-state index contributed by atoms with van der Waals surface area (Å²) in [6.07, 6.45) is 1.45. The number of fused-ring (bicyclic) bond motifs is 1. The quantitative estimate of drug-likeness (QED) is 0.703. The van der Waals surface area contributed by atoms with E-state index in [2.05, 4.69) is 79.6 Å². The monoisotopic (exact) mass is 389 g/mol. The lowest BCUT2D eigenvalue weighted by atomic mass is 9.73. The number of hydrogen-bond acceptors (Lipinski definition) is 4. The Morgan fingerprint density at radius 2 is 1.59 bits per heavy atom. The first-order valence-corrected chi connectivity index (χ1v) is 10.3. The van der Waals surface area contributed by atoms with Crippen molar-refractivity contribution in [3.63, 3.8) is 0 Å². The van der Waals surface area contributed by atoms with Crippen LogP contribution >= 0.6 is 0 Å². The van der Waals surface area contributed by atoms with E-state index in [-0.39, 0.29) is 17.2 Å². The van der Waals surface area contributed by atoms with Crippen molar-refractivity contribution in [2.24, 2.45) is 5.41 Å². The Labute approximate surface area is 174 Å². The number of aryl methyl sites for hydroxylation is 2. The van der Waals surface area contributed by atoms with Gasteiger partial charge in [-0.1, -0.05) is 26.0 Å². The van der Waals surface area contributed by atoms with Crippen LogP contribution in [0.1, 0.15) is 49.4 Å². The highest BCUT2D eigenvalue weighted by Gasteiger charge is 2.38. The molecule has 1 heterocycles. The average molecular weight is 390 g/mol. The van der Waals surface area contributed by atoms with E-state index in [1.54, 1.807) is 0 Å². The molecule has 0 saturated carbocycles. The molecule has 152 valence electrons. The Morgan fingerprint density at radius 3 is 2.21 bits per heavy atom. The van der Waals surface area contributed by atoms with E-state index in [0.717, 1.165) is 40.3 Å². The van der Waals surface area contributed by atoms with Crippen molar-refractivity contribution >= 4 is 22.8 Å². The van der Waals surface area contributed by atoms with Crippen LogP contribution in [0.5, 0.6) is 0 Å². The number of anilines is 3. The Morgan fingerprint density at radius 1 is 0.966 bits per heavy atom. The zero-order valence-corrected chi connectivity index (χ0v) is 18.3. The number of Topliss-reactive ketones (excluding diaryl/α,β-unsaturated/α-hetero) is 1. The largest absolute Gasteiger partial charge is 0.378 e. The Balaban J connectivity index is 1.86. The Hall–Kier alpha value is -2.75. The van der Waals surface area contributed by atoms with E-state index in [4.69, 9.17) is 0 Å². The molecule has 1 atom stereocenters. The van der Waals surface area contributed by atoms with Crippen molar-refractivity contribution in [2.45, 2.75) is 46.6 Å². The van der Waals surface area contributed by atoms with Gasteiger partial charge in [0.1, 0.15) is 0 Å². The van der Waals surface area contributed by atoms with E-state index in [1.165, 1.54) is 11.1 Å². The first kappa shape index (κ1) is 19.6. The molecule has 4 heteroatoms. The fourth-order valence-electron chi connectivity index (χ4n) is 4.43. The van der Waals surface area contributed by atoms with Crippen LogP contribution in [0, 0.1) is 19.3 Å². The third-order valence-electron chi connectivity index (χ3n) is 6.17. The fourth-order valence-corrected chi connectivity index (χ4v) is 4.43. The molecule has 1 aliphatic carbocycles. The van der Waals surface area contributed by atoms with Gasteiger partial charge >= 0.3 is 0 Å². The molecule has 0 unspecified atom stereocenters. The first-order chi connectivity index (χ1) is 13.6. The van der Waals surface area contributed by atoms with Crippen LogP contribution in [0.25, 0.3) is 0 Å². The van der Waals surface area contributed by atoms with E-state index >= 15 is 0 Å². The van der Waals surface area contributed by atoms with Crippen molar-refractivity contribution < 1.29 is 4.79 Å². The van der Waals surface area contributed by atoms with Gasteiger partial charge in [-0.15, -0.1) is 0 Å². The van der Waals surface area contributed by atoms with Gasteiger partial charge in [-0.05, 0) is 66.6 Å². The number of rotatable bonds is 2. The second-order valence-electron chi connectivity index (χ2n) is 9.50. The third-order valence-corrected chi connectivity index (χ3v) is 6.17. The maximum absolute atomic E-state index is 13.3. The van der Waals surface area contributed by atoms with E-state index in [1.807, 2.05) is 14.1 Å². The smallest absolute Gasteiger partial charge is 0.163 e. The van der Waals surface area contributed by atoms with E-state index < -0.39 is 0 Å². The standard InChI is InChI=1S/C25H31N3O/c1-15-11-19-20(12-16(15)2)27-24(17-7-9-18(10-8-17)28(5)6)23-21(26-19)13-25(3,4)14-22(23)29/h7-12,24,26-27H,13-14H2,1-6H3/t24-/m0/s1. The zero-order chi connectivity index (χ0) is 20.9. The second-order valence-corrected chi connectivity index (χ2v) is 9.50. The molecule has 0 aromatic heterocycles. The summed E-state index contributed by atoms with van der Waals surface area (Å²) in [7, 11) is 4.08.